The molecular formula is C6H4ClF4O4. The van der Waals surface area contributed by atoms with Crippen molar-refractivity contribution in [2.75, 3.05) is 6.61 Å². The van der Waals surface area contributed by atoms with Gasteiger partial charge < -0.3 is 9.47 Å². The van der Waals surface area contributed by atoms with Crippen molar-refractivity contribution in [3.63, 3.8) is 0 Å². The van der Waals surface area contributed by atoms with Crippen LogP contribution in [0.4, 0.5) is 17.6 Å². The first kappa shape index (κ1) is 13.9. The third-order valence-corrected chi connectivity index (χ3v) is 1.15. The van der Waals surface area contributed by atoms with E-state index < -0.39 is 30.5 Å². The Labute approximate surface area is 86.1 Å². The summed E-state index contributed by atoms with van der Waals surface area (Å²) in [4.78, 5) is 20.2. The van der Waals surface area contributed by atoms with Gasteiger partial charge in [0.25, 0.3) is 6.10 Å². The van der Waals surface area contributed by atoms with Crippen molar-refractivity contribution < 1.29 is 36.6 Å². The van der Waals surface area contributed by atoms with Gasteiger partial charge >= 0.3 is 18.6 Å². The van der Waals surface area contributed by atoms with Gasteiger partial charge in [0.2, 0.25) is 5.63 Å². The van der Waals surface area contributed by atoms with Crippen LogP contribution in [-0.2, 0) is 19.1 Å². The SMILES string of the molecule is O=[C]OC(C(=O)OCC(F)Cl)C(F)(F)F. The maximum absolute atomic E-state index is 12.0. The van der Waals surface area contributed by atoms with Gasteiger partial charge in [-0.1, -0.05) is 11.6 Å². The normalized spacial score (nSPS) is 15.3. The Bertz CT molecular complexity index is 230. The van der Waals surface area contributed by atoms with Crippen molar-refractivity contribution in [2.45, 2.75) is 17.9 Å². The molecule has 15 heavy (non-hydrogen) atoms. The van der Waals surface area contributed by atoms with E-state index in [4.69, 9.17) is 0 Å². The summed E-state index contributed by atoms with van der Waals surface area (Å²) >= 11 is 4.67. The smallest absolute Gasteiger partial charge is 0.436 e. The lowest BCUT2D eigenvalue weighted by Crippen LogP contribution is -2.40. The van der Waals surface area contributed by atoms with Crippen LogP contribution in [0.15, 0.2) is 0 Å². The summed E-state index contributed by atoms with van der Waals surface area (Å²) in [5, 5.41) is 0. The number of carbonyl (C=O) groups is 1. The Morgan fingerprint density at radius 3 is 2.33 bits per heavy atom. The van der Waals surface area contributed by atoms with E-state index in [1.165, 1.54) is 0 Å². The first-order valence-corrected chi connectivity index (χ1v) is 3.77. The molecule has 0 aliphatic heterocycles. The second-order valence-corrected chi connectivity index (χ2v) is 2.62. The average Bonchev–Trinajstić information content (AvgIpc) is 2.08. The number of halogens is 5. The lowest BCUT2D eigenvalue weighted by Gasteiger charge is -2.16. The number of alkyl halides is 5. The maximum Gasteiger partial charge on any atom is 0.436 e. The highest BCUT2D eigenvalue weighted by molar-refractivity contribution is 6.19. The largest absolute Gasteiger partial charge is 0.458 e. The second-order valence-electron chi connectivity index (χ2n) is 2.14. The van der Waals surface area contributed by atoms with Crippen LogP contribution in [0.2, 0.25) is 0 Å². The van der Waals surface area contributed by atoms with Gasteiger partial charge in [0.05, 0.1) is 0 Å². The van der Waals surface area contributed by atoms with Crippen LogP contribution in [0.25, 0.3) is 0 Å². The molecule has 9 heteroatoms. The molecule has 0 aromatic rings. The molecule has 1 radical (unpaired) electrons. The quantitative estimate of drug-likeness (QED) is 0.417. The molecule has 0 saturated carbocycles. The summed E-state index contributed by atoms with van der Waals surface area (Å²) in [6.45, 7) is -0.629. The molecular weight excluding hydrogens is 248 g/mol. The summed E-state index contributed by atoms with van der Waals surface area (Å²) in [6, 6.07) is 0. The molecule has 87 valence electrons. The van der Waals surface area contributed by atoms with Gasteiger partial charge in [0.1, 0.15) is 6.61 Å². The molecule has 0 heterocycles. The van der Waals surface area contributed by atoms with E-state index in [0.717, 1.165) is 0 Å². The minimum absolute atomic E-state index is 0.445. The Kier molecular flexibility index (Phi) is 5.34. The molecule has 2 unspecified atom stereocenters. The van der Waals surface area contributed by atoms with E-state index >= 15 is 0 Å². The molecule has 0 saturated heterocycles. The van der Waals surface area contributed by atoms with Crippen LogP contribution in [0.3, 0.4) is 0 Å². The number of hydrogen-bond donors (Lipinski definition) is 0. The third kappa shape index (κ3) is 5.40. The van der Waals surface area contributed by atoms with Gasteiger partial charge in [-0.05, 0) is 0 Å². The van der Waals surface area contributed by atoms with Gasteiger partial charge in [0, 0.05) is 0 Å². The van der Waals surface area contributed by atoms with E-state index in [9.17, 15) is 27.2 Å². The highest BCUT2D eigenvalue weighted by Gasteiger charge is 2.48. The average molecular weight is 252 g/mol. The minimum Gasteiger partial charge on any atom is -0.458 e. The van der Waals surface area contributed by atoms with Gasteiger partial charge in [-0.25, -0.2) is 14.0 Å². The standard InChI is InChI=1S/C6H4ClF4O4/c7-3(8)1-14-5(13)4(15-2-12)6(9,10)11/h3-4H,1H2. The molecule has 0 aliphatic rings. The Hall–Kier alpha value is -1.05. The fourth-order valence-corrected chi connectivity index (χ4v) is 0.580. The predicted molar refractivity (Wildman–Crippen MR) is 38.3 cm³/mol. The van der Waals surface area contributed by atoms with E-state index in [-0.39, 0.29) is 0 Å². The Morgan fingerprint density at radius 2 is 2.00 bits per heavy atom. The number of ether oxygens (including phenoxy) is 2. The Balaban J connectivity index is 4.36. The number of rotatable bonds is 5. The summed E-state index contributed by atoms with van der Waals surface area (Å²) in [6.07, 6.45) is -8.27. The molecule has 0 bridgehead atoms. The van der Waals surface area contributed by atoms with Gasteiger partial charge in [-0.2, -0.15) is 13.2 Å². The molecule has 0 rings (SSSR count). The van der Waals surface area contributed by atoms with Gasteiger partial charge in [0.15, 0.2) is 0 Å². The first-order chi connectivity index (χ1) is 6.79. The zero-order valence-corrected chi connectivity index (χ0v) is 7.64. The molecule has 0 fully saturated rings. The van der Waals surface area contributed by atoms with Crippen molar-refractivity contribution in [1.82, 2.24) is 0 Å². The summed E-state index contributed by atoms with van der Waals surface area (Å²) in [5.74, 6) is -1.96. The van der Waals surface area contributed by atoms with Gasteiger partial charge in [-0.15, -0.1) is 0 Å². The van der Waals surface area contributed by atoms with Crippen molar-refractivity contribution in [2.24, 2.45) is 0 Å². The van der Waals surface area contributed by atoms with E-state index in [0.29, 0.717) is 6.47 Å². The number of carbonyl (C=O) groups excluding carboxylic acids is 2. The van der Waals surface area contributed by atoms with Crippen LogP contribution in [0.1, 0.15) is 0 Å². The molecule has 0 aromatic carbocycles. The molecule has 4 nitrogen and oxygen atoms in total. The monoisotopic (exact) mass is 251 g/mol. The van der Waals surface area contributed by atoms with Crippen molar-refractivity contribution in [1.29, 1.82) is 0 Å². The number of hydrogen-bond acceptors (Lipinski definition) is 4. The molecule has 0 amide bonds. The minimum atomic E-state index is -5.15. The van der Waals surface area contributed by atoms with E-state index in [1.807, 2.05) is 0 Å². The highest BCUT2D eigenvalue weighted by Crippen LogP contribution is 2.23. The fourth-order valence-electron chi connectivity index (χ4n) is 0.517. The van der Waals surface area contributed by atoms with E-state index in [2.05, 4.69) is 21.1 Å². The summed E-state index contributed by atoms with van der Waals surface area (Å²) in [7, 11) is 0. The summed E-state index contributed by atoms with van der Waals surface area (Å²) in [5.41, 5.74) is -2.14. The van der Waals surface area contributed by atoms with Crippen LogP contribution in [0, 0.1) is 0 Å². The lowest BCUT2D eigenvalue weighted by molar-refractivity contribution is -0.214. The van der Waals surface area contributed by atoms with Crippen molar-refractivity contribution >= 4 is 24.0 Å². The highest BCUT2D eigenvalue weighted by atomic mass is 35.5. The van der Waals surface area contributed by atoms with Crippen LogP contribution in [0.5, 0.6) is 0 Å². The lowest BCUT2D eigenvalue weighted by atomic mass is 10.3. The molecule has 0 N–H and O–H groups in total. The van der Waals surface area contributed by atoms with E-state index in [1.54, 1.807) is 0 Å². The maximum atomic E-state index is 12.0. The van der Waals surface area contributed by atoms with Crippen molar-refractivity contribution in [3.8, 4) is 0 Å². The predicted octanol–water partition coefficient (Wildman–Crippen LogP) is 1.08. The fraction of sp³-hybridized carbons (Fsp3) is 0.667. The van der Waals surface area contributed by atoms with Crippen LogP contribution >= 0.6 is 11.6 Å². The van der Waals surface area contributed by atoms with Crippen LogP contribution < -0.4 is 0 Å². The molecule has 0 aliphatic carbocycles. The molecule has 0 aromatic heterocycles. The number of esters is 1. The molecule has 2 atom stereocenters. The van der Waals surface area contributed by atoms with Crippen molar-refractivity contribution in [3.05, 3.63) is 0 Å². The topological polar surface area (TPSA) is 52.6 Å². The third-order valence-electron chi connectivity index (χ3n) is 1.03. The zero-order chi connectivity index (χ0) is 12.1. The first-order valence-electron chi connectivity index (χ1n) is 3.33. The second kappa shape index (κ2) is 5.74. The summed E-state index contributed by atoms with van der Waals surface area (Å²) < 4.78 is 54.9. The zero-order valence-electron chi connectivity index (χ0n) is 6.88. The van der Waals surface area contributed by atoms with Gasteiger partial charge in [-0.3, -0.25) is 0 Å². The van der Waals surface area contributed by atoms with Crippen LogP contribution in [-0.4, -0.2) is 37.0 Å². The molecule has 0 spiro atoms. The Morgan fingerprint density at radius 1 is 1.47 bits per heavy atom.